The summed E-state index contributed by atoms with van der Waals surface area (Å²) in [5.74, 6) is 1.12. The van der Waals surface area contributed by atoms with Crippen LogP contribution < -0.4 is 20.5 Å². The van der Waals surface area contributed by atoms with Crippen LogP contribution in [0, 0.1) is 5.41 Å². The molecule has 0 saturated carbocycles. The highest BCUT2D eigenvalue weighted by molar-refractivity contribution is 5.96. The van der Waals surface area contributed by atoms with Crippen molar-refractivity contribution in [1.29, 1.82) is 5.41 Å². The molecule has 1 unspecified atom stereocenters. The third-order valence-electron chi connectivity index (χ3n) is 6.14. The second-order valence-electron chi connectivity index (χ2n) is 8.31. The van der Waals surface area contributed by atoms with Gasteiger partial charge in [-0.3, -0.25) is 15.1 Å². The highest BCUT2D eigenvalue weighted by atomic mass is 16.7. The van der Waals surface area contributed by atoms with Crippen molar-refractivity contribution in [3.05, 3.63) is 54.1 Å². The molecular weight excluding hydrogens is 432 g/mol. The maximum absolute atomic E-state index is 12.1. The molecule has 2 aliphatic heterocycles. The van der Waals surface area contributed by atoms with E-state index in [0.29, 0.717) is 19.5 Å². The number of quaternary nitrogens is 1. The Kier molecular flexibility index (Phi) is 7.84. The summed E-state index contributed by atoms with van der Waals surface area (Å²) < 4.78 is 0. The molecule has 4 rings (SSSR count). The fourth-order valence-corrected chi connectivity index (χ4v) is 4.43. The number of nitrogens with one attached hydrogen (secondary N) is 2. The van der Waals surface area contributed by atoms with Gasteiger partial charge in [0.1, 0.15) is 0 Å². The van der Waals surface area contributed by atoms with Gasteiger partial charge in [-0.15, -0.1) is 5.06 Å². The number of carbonyl (C=O) groups excluding carboxylic acids is 1. The number of piperazine rings is 1. The predicted octanol–water partition coefficient (Wildman–Crippen LogP) is 2.05. The summed E-state index contributed by atoms with van der Waals surface area (Å²) in [4.78, 5) is 22.4. The Morgan fingerprint density at radius 2 is 1.88 bits per heavy atom. The van der Waals surface area contributed by atoms with E-state index in [4.69, 9.17) is 10.2 Å². The third kappa shape index (κ3) is 5.41. The first kappa shape index (κ1) is 23.8. The van der Waals surface area contributed by atoms with Crippen molar-refractivity contribution in [3.63, 3.8) is 0 Å². The number of anilines is 2. The van der Waals surface area contributed by atoms with Gasteiger partial charge in [0.15, 0.2) is 11.6 Å². The van der Waals surface area contributed by atoms with Crippen LogP contribution in [-0.2, 0) is 4.79 Å². The zero-order valence-electron chi connectivity index (χ0n) is 19.8. The lowest BCUT2D eigenvalue weighted by Crippen LogP contribution is -2.72. The number of carbonyl (C=O) groups is 1. The summed E-state index contributed by atoms with van der Waals surface area (Å²) in [6.45, 7) is 3.58. The molecule has 4 N–H and O–H groups in total. The number of amidine groups is 1. The Hall–Kier alpha value is -3.34. The van der Waals surface area contributed by atoms with Crippen LogP contribution in [0.25, 0.3) is 0 Å². The average Bonchev–Trinajstić information content (AvgIpc) is 3.30. The number of nitrogens with zero attached hydrogens (tertiary/aromatic N) is 5. The molecule has 1 amide bonds. The van der Waals surface area contributed by atoms with Crippen molar-refractivity contribution in [3.8, 4) is 5.75 Å². The second-order valence-corrected chi connectivity index (χ2v) is 8.31. The van der Waals surface area contributed by atoms with Crippen molar-refractivity contribution in [2.24, 2.45) is 10.3 Å². The summed E-state index contributed by atoms with van der Waals surface area (Å²) in [6, 6.07) is 15.6. The van der Waals surface area contributed by atoms with Crippen LogP contribution in [-0.4, -0.2) is 68.5 Å². The zero-order chi connectivity index (χ0) is 23.9. The first-order valence-electron chi connectivity index (χ1n) is 11.7. The van der Waals surface area contributed by atoms with E-state index in [1.807, 2.05) is 65.5 Å². The fraction of sp³-hybridized carbons (Fsp3) is 0.417. The standard InChI is InChI=1S/C24H32N8O2/c1-26-20-17-19(32-12-6-9-22(32)33)10-11-21(20)34-31-15-13-30(14-16-31)23(24(25)28-29-27-2)18-7-4-3-5-8-18/h3-5,7-8,10-11,17,23,26H,6,9,12-16H2,1-2H3,(H2,25,27,28)/p+1. The van der Waals surface area contributed by atoms with Gasteiger partial charge in [0, 0.05) is 57.1 Å². The van der Waals surface area contributed by atoms with Crippen LogP contribution in [0.3, 0.4) is 0 Å². The van der Waals surface area contributed by atoms with E-state index in [-0.39, 0.29) is 17.8 Å². The molecule has 0 aromatic heterocycles. The Bertz CT molecular complexity index is 1020. The summed E-state index contributed by atoms with van der Waals surface area (Å²) in [7, 11) is 3.65. The van der Waals surface area contributed by atoms with Crippen molar-refractivity contribution < 1.29 is 15.1 Å². The molecule has 34 heavy (non-hydrogen) atoms. The van der Waals surface area contributed by atoms with Crippen molar-refractivity contribution >= 4 is 23.1 Å². The van der Waals surface area contributed by atoms with E-state index < -0.39 is 0 Å². The van der Waals surface area contributed by atoms with Gasteiger partial charge in [-0.1, -0.05) is 35.4 Å². The molecule has 0 radical (unpaired) electrons. The minimum atomic E-state index is -0.253. The van der Waals surface area contributed by atoms with E-state index in [1.165, 1.54) is 0 Å². The second kappa shape index (κ2) is 11.2. The quantitative estimate of drug-likeness (QED) is 0.182. The van der Waals surface area contributed by atoms with Gasteiger partial charge in [0.2, 0.25) is 5.91 Å². The molecule has 180 valence electrons. The molecule has 1 atom stereocenters. The summed E-state index contributed by atoms with van der Waals surface area (Å²) in [5.41, 5.74) is 4.36. The smallest absolute Gasteiger partial charge is 0.227 e. The van der Waals surface area contributed by atoms with Gasteiger partial charge in [-0.2, -0.15) is 0 Å². The van der Waals surface area contributed by atoms with E-state index in [1.54, 1.807) is 12.5 Å². The number of benzene rings is 2. The van der Waals surface area contributed by atoms with Crippen LogP contribution in [0.5, 0.6) is 5.75 Å². The number of hydrogen-bond donors (Lipinski definition) is 3. The van der Waals surface area contributed by atoms with E-state index in [0.717, 1.165) is 48.7 Å². The fourth-order valence-electron chi connectivity index (χ4n) is 4.43. The topological polar surface area (TPSA) is 113 Å². The molecule has 2 aliphatic rings. The molecule has 10 heteroatoms. The van der Waals surface area contributed by atoms with Gasteiger partial charge in [0.05, 0.1) is 18.8 Å². The van der Waals surface area contributed by atoms with Crippen LogP contribution in [0.15, 0.2) is 58.9 Å². The SMILES string of the molecule is CNc1cc(N2CCCC2=O)ccc1ON1CCN(C(C(=N)N=N[NH2+]C)c2ccccc2)CC1. The van der Waals surface area contributed by atoms with Gasteiger partial charge >= 0.3 is 0 Å². The third-order valence-corrected chi connectivity index (χ3v) is 6.14. The predicted molar refractivity (Wildman–Crippen MR) is 131 cm³/mol. The Morgan fingerprint density at radius 1 is 1.12 bits per heavy atom. The highest BCUT2D eigenvalue weighted by Gasteiger charge is 2.30. The Balaban J connectivity index is 1.42. The van der Waals surface area contributed by atoms with Crippen molar-refractivity contribution in [1.82, 2.24) is 9.96 Å². The molecule has 2 aromatic rings. The maximum Gasteiger partial charge on any atom is 0.227 e. The first-order valence-corrected chi connectivity index (χ1v) is 11.7. The van der Waals surface area contributed by atoms with Crippen LogP contribution >= 0.6 is 0 Å². The highest BCUT2D eigenvalue weighted by Crippen LogP contribution is 2.32. The van der Waals surface area contributed by atoms with E-state index in [2.05, 4.69) is 20.6 Å². The molecule has 2 saturated heterocycles. The molecule has 2 aromatic carbocycles. The van der Waals surface area contributed by atoms with Crippen molar-refractivity contribution in [2.45, 2.75) is 18.9 Å². The van der Waals surface area contributed by atoms with Gasteiger partial charge in [0.25, 0.3) is 0 Å². The van der Waals surface area contributed by atoms with E-state index >= 15 is 0 Å². The molecule has 0 aliphatic carbocycles. The normalized spacial score (nSPS) is 18.4. The number of hydroxylamine groups is 2. The molecule has 2 fully saturated rings. The molecule has 0 bridgehead atoms. The first-order chi connectivity index (χ1) is 16.6. The van der Waals surface area contributed by atoms with Crippen LogP contribution in [0.2, 0.25) is 0 Å². The summed E-state index contributed by atoms with van der Waals surface area (Å²) in [5, 5.41) is 21.7. The summed E-state index contributed by atoms with van der Waals surface area (Å²) >= 11 is 0. The number of rotatable bonds is 8. The number of nitrogens with two attached hydrogens (primary N) is 1. The lowest BCUT2D eigenvalue weighted by atomic mass is 10.0. The molecule has 10 nitrogen and oxygen atoms in total. The Morgan fingerprint density at radius 3 is 2.53 bits per heavy atom. The van der Waals surface area contributed by atoms with Gasteiger partial charge < -0.3 is 15.1 Å². The lowest BCUT2D eigenvalue weighted by Gasteiger charge is -2.38. The van der Waals surface area contributed by atoms with Crippen molar-refractivity contribution in [2.75, 3.05) is 57.0 Å². The Labute approximate surface area is 200 Å². The average molecular weight is 466 g/mol. The van der Waals surface area contributed by atoms with Gasteiger partial charge in [-0.05, 0) is 30.2 Å². The molecule has 2 heterocycles. The minimum Gasteiger partial charge on any atom is -0.404 e. The number of amides is 1. The molecule has 0 spiro atoms. The van der Waals surface area contributed by atoms with E-state index in [9.17, 15) is 4.79 Å². The largest absolute Gasteiger partial charge is 0.404 e. The zero-order valence-corrected chi connectivity index (χ0v) is 19.8. The van der Waals surface area contributed by atoms with Gasteiger partial charge in [-0.25, -0.2) is 5.43 Å². The number of hydrogen-bond acceptors (Lipinski definition) is 7. The minimum absolute atomic E-state index is 0.168. The van der Waals surface area contributed by atoms with Crippen LogP contribution in [0.1, 0.15) is 24.4 Å². The summed E-state index contributed by atoms with van der Waals surface area (Å²) in [6.07, 6.45) is 1.51. The lowest BCUT2D eigenvalue weighted by molar-refractivity contribution is -0.640. The van der Waals surface area contributed by atoms with Crippen LogP contribution in [0.4, 0.5) is 11.4 Å². The molecular formula is C24H33N8O2+. The monoisotopic (exact) mass is 465 g/mol. The maximum atomic E-state index is 12.1.